The Kier molecular flexibility index (Phi) is 5.10. The van der Waals surface area contributed by atoms with E-state index in [4.69, 9.17) is 4.74 Å². The molecule has 144 valence electrons. The molecule has 1 atom stereocenters. The van der Waals surface area contributed by atoms with Gasteiger partial charge >= 0.3 is 5.97 Å². The first kappa shape index (κ1) is 18.2. The number of piperidine rings is 1. The van der Waals surface area contributed by atoms with Crippen molar-refractivity contribution in [3.05, 3.63) is 65.2 Å². The Labute approximate surface area is 163 Å². The van der Waals surface area contributed by atoms with Crippen molar-refractivity contribution in [3.63, 3.8) is 0 Å². The summed E-state index contributed by atoms with van der Waals surface area (Å²) in [5, 5.41) is 2.79. The molecule has 1 fully saturated rings. The lowest BCUT2D eigenvalue weighted by Gasteiger charge is -2.28. The zero-order valence-electron chi connectivity index (χ0n) is 15.5. The number of carbonyl (C=O) groups excluding carboxylic acids is 3. The third-order valence-corrected chi connectivity index (χ3v) is 5.24. The molecular weight excluding hydrogens is 356 g/mol. The molecule has 0 saturated carbocycles. The van der Waals surface area contributed by atoms with Crippen LogP contribution in [0.4, 0.5) is 5.69 Å². The first-order valence-electron chi connectivity index (χ1n) is 9.61. The van der Waals surface area contributed by atoms with Crippen molar-refractivity contribution in [3.8, 4) is 0 Å². The summed E-state index contributed by atoms with van der Waals surface area (Å²) in [6.07, 6.45) is 2.53. The van der Waals surface area contributed by atoms with Crippen molar-refractivity contribution in [2.45, 2.75) is 31.8 Å². The van der Waals surface area contributed by atoms with Gasteiger partial charge in [-0.1, -0.05) is 30.3 Å². The normalized spacial score (nSPS) is 18.8. The largest absolute Gasteiger partial charge is 0.448 e. The Morgan fingerprint density at radius 1 is 0.964 bits per heavy atom. The summed E-state index contributed by atoms with van der Waals surface area (Å²) >= 11 is 0. The van der Waals surface area contributed by atoms with E-state index in [9.17, 15) is 14.4 Å². The fourth-order valence-electron chi connectivity index (χ4n) is 3.74. The Balaban J connectivity index is 1.51. The van der Waals surface area contributed by atoms with Crippen molar-refractivity contribution < 1.29 is 19.1 Å². The fourth-order valence-corrected chi connectivity index (χ4v) is 3.74. The summed E-state index contributed by atoms with van der Waals surface area (Å²) in [5.74, 6) is -1.01. The molecule has 2 aliphatic rings. The van der Waals surface area contributed by atoms with Gasteiger partial charge < -0.3 is 15.0 Å². The number of amides is 2. The number of cyclic esters (lactones) is 1. The zero-order valence-corrected chi connectivity index (χ0v) is 15.5. The number of fused-ring (bicyclic) bond motifs is 1. The number of hydrogen-bond donors (Lipinski definition) is 1. The van der Waals surface area contributed by atoms with E-state index < -0.39 is 18.0 Å². The van der Waals surface area contributed by atoms with Crippen LogP contribution in [0.1, 0.15) is 45.5 Å². The summed E-state index contributed by atoms with van der Waals surface area (Å²) in [7, 11) is 0. The van der Waals surface area contributed by atoms with Crippen LogP contribution >= 0.6 is 0 Å². The molecule has 0 bridgehead atoms. The lowest BCUT2D eigenvalue weighted by atomic mass is 9.98. The molecule has 28 heavy (non-hydrogen) atoms. The number of likely N-dealkylation sites (tertiary alicyclic amines) is 1. The fraction of sp³-hybridized carbons (Fsp3) is 0.318. The lowest BCUT2D eigenvalue weighted by molar-refractivity contribution is -0.125. The van der Waals surface area contributed by atoms with E-state index in [-0.39, 0.29) is 5.91 Å². The predicted molar refractivity (Wildman–Crippen MR) is 104 cm³/mol. The van der Waals surface area contributed by atoms with E-state index in [0.29, 0.717) is 23.2 Å². The van der Waals surface area contributed by atoms with Crippen LogP contribution in [0, 0.1) is 0 Å². The van der Waals surface area contributed by atoms with E-state index in [1.54, 1.807) is 36.4 Å². The molecule has 2 heterocycles. The molecule has 1 saturated heterocycles. The average molecular weight is 378 g/mol. The lowest BCUT2D eigenvalue weighted by Crippen LogP contribution is -2.39. The predicted octanol–water partition coefficient (Wildman–Crippen LogP) is 3.03. The molecule has 2 amide bonds. The third kappa shape index (κ3) is 3.63. The summed E-state index contributed by atoms with van der Waals surface area (Å²) in [5.41, 5.74) is 2.18. The van der Waals surface area contributed by atoms with Gasteiger partial charge in [-0.05, 0) is 43.0 Å². The van der Waals surface area contributed by atoms with Crippen LogP contribution in [0.2, 0.25) is 0 Å². The number of esters is 1. The zero-order chi connectivity index (χ0) is 19.5. The topological polar surface area (TPSA) is 75.7 Å². The number of benzene rings is 2. The van der Waals surface area contributed by atoms with Crippen molar-refractivity contribution in [1.29, 1.82) is 0 Å². The van der Waals surface area contributed by atoms with Crippen molar-refractivity contribution >= 4 is 23.5 Å². The molecule has 1 unspecified atom stereocenters. The molecule has 6 heteroatoms. The summed E-state index contributed by atoms with van der Waals surface area (Å²) in [6.45, 7) is 1.47. The van der Waals surface area contributed by atoms with Crippen molar-refractivity contribution in [2.75, 3.05) is 18.4 Å². The van der Waals surface area contributed by atoms with E-state index in [0.717, 1.165) is 37.9 Å². The quantitative estimate of drug-likeness (QED) is 0.833. The van der Waals surface area contributed by atoms with Crippen LogP contribution in [0.25, 0.3) is 0 Å². The molecule has 4 rings (SSSR count). The first-order valence-corrected chi connectivity index (χ1v) is 9.61. The number of nitrogens with zero attached hydrogens (tertiary/aromatic N) is 1. The Bertz CT molecular complexity index is 918. The van der Waals surface area contributed by atoms with E-state index in [2.05, 4.69) is 5.32 Å². The van der Waals surface area contributed by atoms with Crippen LogP contribution in [-0.2, 0) is 16.0 Å². The highest BCUT2D eigenvalue weighted by atomic mass is 16.5. The number of nitrogens with one attached hydrogen (secondary N) is 1. The standard InChI is InChI=1S/C22H22N2O4/c25-20(19-14-15-8-2-3-9-16(15)22(27)28-19)23-18-11-5-4-10-17(18)21(26)24-12-6-1-7-13-24/h2-5,8-11,19H,1,6-7,12-14H2,(H,23,25). The molecule has 6 nitrogen and oxygen atoms in total. The molecule has 0 aliphatic carbocycles. The van der Waals surface area contributed by atoms with Crippen LogP contribution < -0.4 is 5.32 Å². The number of ether oxygens (including phenoxy) is 1. The minimum absolute atomic E-state index is 0.0819. The molecule has 1 N–H and O–H groups in total. The van der Waals surface area contributed by atoms with Gasteiger partial charge in [0, 0.05) is 19.5 Å². The Hall–Kier alpha value is -3.15. The molecule has 0 radical (unpaired) electrons. The van der Waals surface area contributed by atoms with Gasteiger partial charge in [0.1, 0.15) is 0 Å². The Morgan fingerprint density at radius 2 is 1.68 bits per heavy atom. The second-order valence-electron chi connectivity index (χ2n) is 7.14. The maximum Gasteiger partial charge on any atom is 0.339 e. The van der Waals surface area contributed by atoms with Gasteiger partial charge in [-0.2, -0.15) is 0 Å². The summed E-state index contributed by atoms with van der Waals surface area (Å²) in [6, 6.07) is 14.1. The molecule has 2 aliphatic heterocycles. The van der Waals surface area contributed by atoms with Gasteiger partial charge in [0.2, 0.25) is 0 Å². The molecule has 0 aromatic heterocycles. The van der Waals surface area contributed by atoms with Gasteiger partial charge in [0.15, 0.2) is 6.10 Å². The SMILES string of the molecule is O=C1OC(C(=O)Nc2ccccc2C(=O)N2CCCCC2)Cc2ccccc21. The molecule has 2 aromatic carbocycles. The highest BCUT2D eigenvalue weighted by molar-refractivity contribution is 6.06. The van der Waals surface area contributed by atoms with Crippen LogP contribution in [-0.4, -0.2) is 41.9 Å². The number of rotatable bonds is 3. The van der Waals surface area contributed by atoms with Gasteiger partial charge in [-0.3, -0.25) is 9.59 Å². The van der Waals surface area contributed by atoms with Crippen LogP contribution in [0.5, 0.6) is 0 Å². The van der Waals surface area contributed by atoms with Crippen LogP contribution in [0.3, 0.4) is 0 Å². The van der Waals surface area contributed by atoms with Crippen LogP contribution in [0.15, 0.2) is 48.5 Å². The first-order chi connectivity index (χ1) is 13.6. The summed E-state index contributed by atoms with van der Waals surface area (Å²) in [4.78, 5) is 39.6. The Morgan fingerprint density at radius 3 is 2.50 bits per heavy atom. The molecule has 0 spiro atoms. The third-order valence-electron chi connectivity index (χ3n) is 5.24. The second-order valence-corrected chi connectivity index (χ2v) is 7.14. The minimum Gasteiger partial charge on any atom is -0.448 e. The number of hydrogen-bond acceptors (Lipinski definition) is 4. The monoisotopic (exact) mass is 378 g/mol. The van der Waals surface area contributed by atoms with E-state index >= 15 is 0 Å². The van der Waals surface area contributed by atoms with Crippen molar-refractivity contribution in [2.24, 2.45) is 0 Å². The number of carbonyl (C=O) groups is 3. The number of para-hydroxylation sites is 1. The highest BCUT2D eigenvalue weighted by Crippen LogP contribution is 2.24. The minimum atomic E-state index is -0.916. The second kappa shape index (κ2) is 7.84. The maximum atomic E-state index is 12.9. The average Bonchev–Trinajstić information content (AvgIpc) is 2.74. The van der Waals surface area contributed by atoms with Gasteiger partial charge in [0.25, 0.3) is 11.8 Å². The van der Waals surface area contributed by atoms with Gasteiger partial charge in [0.05, 0.1) is 16.8 Å². The van der Waals surface area contributed by atoms with E-state index in [1.165, 1.54) is 0 Å². The molecular formula is C22H22N2O4. The number of anilines is 1. The van der Waals surface area contributed by atoms with Gasteiger partial charge in [-0.25, -0.2) is 4.79 Å². The highest BCUT2D eigenvalue weighted by Gasteiger charge is 2.32. The van der Waals surface area contributed by atoms with E-state index in [1.807, 2.05) is 17.0 Å². The smallest absolute Gasteiger partial charge is 0.339 e. The van der Waals surface area contributed by atoms with Crippen molar-refractivity contribution in [1.82, 2.24) is 4.90 Å². The summed E-state index contributed by atoms with van der Waals surface area (Å²) < 4.78 is 5.32. The molecule has 2 aromatic rings. The van der Waals surface area contributed by atoms with Gasteiger partial charge in [-0.15, -0.1) is 0 Å². The maximum absolute atomic E-state index is 12.9.